The van der Waals surface area contributed by atoms with Gasteiger partial charge in [0.05, 0.1) is 5.92 Å². The van der Waals surface area contributed by atoms with E-state index >= 15 is 0 Å². The van der Waals surface area contributed by atoms with Crippen molar-refractivity contribution in [2.45, 2.75) is 51.9 Å². The van der Waals surface area contributed by atoms with E-state index in [9.17, 15) is 4.79 Å². The lowest BCUT2D eigenvalue weighted by molar-refractivity contribution is -0.123. The van der Waals surface area contributed by atoms with Crippen molar-refractivity contribution in [1.82, 2.24) is 5.32 Å². The number of nitrogens with one attached hydrogen (secondary N) is 1. The fraction of sp³-hybridized carbons (Fsp3) is 0.846. The molecule has 0 aliphatic heterocycles. The van der Waals surface area contributed by atoms with Crippen LogP contribution in [0.15, 0.2) is 5.16 Å². The molecule has 1 unspecified atom stereocenters. The number of amidine groups is 1. The van der Waals surface area contributed by atoms with Crippen LogP contribution < -0.4 is 11.1 Å². The molecule has 0 aromatic carbocycles. The lowest BCUT2D eigenvalue weighted by Crippen LogP contribution is -2.39. The van der Waals surface area contributed by atoms with Crippen LogP contribution in [-0.4, -0.2) is 23.5 Å². The highest BCUT2D eigenvalue weighted by Gasteiger charge is 2.20. The fourth-order valence-electron chi connectivity index (χ4n) is 2.62. The molecule has 1 aliphatic carbocycles. The zero-order valence-electron chi connectivity index (χ0n) is 11.2. The zero-order valence-corrected chi connectivity index (χ0v) is 11.2. The number of nitrogens with zero attached hydrogens (tertiary/aromatic N) is 1. The Balaban J connectivity index is 2.18. The predicted octanol–water partition coefficient (Wildman–Crippen LogP) is 1.85. The Morgan fingerprint density at radius 3 is 2.72 bits per heavy atom. The summed E-state index contributed by atoms with van der Waals surface area (Å²) in [7, 11) is 0. The highest BCUT2D eigenvalue weighted by Crippen LogP contribution is 2.28. The Labute approximate surface area is 109 Å². The molecule has 0 bridgehead atoms. The second-order valence-corrected chi connectivity index (χ2v) is 5.07. The zero-order chi connectivity index (χ0) is 13.4. The van der Waals surface area contributed by atoms with E-state index < -0.39 is 5.92 Å². The van der Waals surface area contributed by atoms with Crippen molar-refractivity contribution in [2.75, 3.05) is 6.54 Å². The standard InChI is InChI=1S/C13H25N3O2/c1-2-11(12(14)16-18)13(17)15-9-5-8-10-6-3-4-7-10/h10-11,18H,2-9H2,1H3,(H2,14,16)(H,15,17). The van der Waals surface area contributed by atoms with E-state index in [4.69, 9.17) is 10.9 Å². The molecule has 5 nitrogen and oxygen atoms in total. The van der Waals surface area contributed by atoms with E-state index in [2.05, 4.69) is 10.5 Å². The third kappa shape index (κ3) is 4.55. The molecule has 1 atom stereocenters. The number of nitrogens with two attached hydrogens (primary N) is 1. The van der Waals surface area contributed by atoms with Gasteiger partial charge in [0.2, 0.25) is 5.91 Å². The first-order valence-corrected chi connectivity index (χ1v) is 6.94. The topological polar surface area (TPSA) is 87.7 Å². The number of carbonyl (C=O) groups is 1. The summed E-state index contributed by atoms with van der Waals surface area (Å²) in [5.74, 6) is 0.194. The van der Waals surface area contributed by atoms with Gasteiger partial charge in [0.25, 0.3) is 0 Å². The first-order chi connectivity index (χ1) is 8.69. The van der Waals surface area contributed by atoms with Gasteiger partial charge in [-0.25, -0.2) is 0 Å². The molecule has 18 heavy (non-hydrogen) atoms. The first-order valence-electron chi connectivity index (χ1n) is 6.94. The summed E-state index contributed by atoms with van der Waals surface area (Å²) in [6, 6.07) is 0. The largest absolute Gasteiger partial charge is 0.409 e. The molecule has 1 rings (SSSR count). The van der Waals surface area contributed by atoms with Crippen LogP contribution in [0.4, 0.5) is 0 Å². The van der Waals surface area contributed by atoms with Gasteiger partial charge in [-0.1, -0.05) is 37.8 Å². The van der Waals surface area contributed by atoms with Gasteiger partial charge in [0.1, 0.15) is 0 Å². The van der Waals surface area contributed by atoms with E-state index in [1.54, 1.807) is 0 Å². The van der Waals surface area contributed by atoms with E-state index in [0.717, 1.165) is 12.3 Å². The molecule has 1 fully saturated rings. The second-order valence-electron chi connectivity index (χ2n) is 5.07. The summed E-state index contributed by atoms with van der Waals surface area (Å²) in [6.07, 6.45) is 8.16. The molecule has 1 amide bonds. The summed E-state index contributed by atoms with van der Waals surface area (Å²) in [4.78, 5) is 11.8. The van der Waals surface area contributed by atoms with Gasteiger partial charge in [0, 0.05) is 6.54 Å². The molecule has 0 heterocycles. The summed E-state index contributed by atoms with van der Waals surface area (Å²) < 4.78 is 0. The van der Waals surface area contributed by atoms with Gasteiger partial charge in [-0.2, -0.15) is 0 Å². The second kappa shape index (κ2) is 7.95. The van der Waals surface area contributed by atoms with Crippen LogP contribution in [-0.2, 0) is 4.79 Å². The van der Waals surface area contributed by atoms with Crippen molar-refractivity contribution < 1.29 is 10.0 Å². The van der Waals surface area contributed by atoms with Crippen molar-refractivity contribution in [2.24, 2.45) is 22.7 Å². The van der Waals surface area contributed by atoms with Gasteiger partial charge in [-0.05, 0) is 25.2 Å². The average molecular weight is 255 g/mol. The van der Waals surface area contributed by atoms with Crippen LogP contribution in [0.2, 0.25) is 0 Å². The van der Waals surface area contributed by atoms with Crippen LogP contribution in [0.25, 0.3) is 0 Å². The van der Waals surface area contributed by atoms with E-state index in [1.807, 2.05) is 6.92 Å². The summed E-state index contributed by atoms with van der Waals surface area (Å²) in [5.41, 5.74) is 5.47. The highest BCUT2D eigenvalue weighted by molar-refractivity contribution is 6.01. The van der Waals surface area contributed by atoms with E-state index in [1.165, 1.54) is 32.1 Å². The Bertz CT molecular complexity index is 286. The lowest BCUT2D eigenvalue weighted by atomic mass is 10.0. The van der Waals surface area contributed by atoms with Crippen molar-refractivity contribution in [3.05, 3.63) is 0 Å². The quantitative estimate of drug-likeness (QED) is 0.213. The SMILES string of the molecule is CCC(C(=O)NCCCC1CCCC1)C(N)=NO. The number of hydrogen-bond donors (Lipinski definition) is 3. The van der Waals surface area contributed by atoms with Crippen LogP contribution in [0.1, 0.15) is 51.9 Å². The third-order valence-electron chi connectivity index (χ3n) is 3.76. The number of carbonyl (C=O) groups excluding carboxylic acids is 1. The van der Waals surface area contributed by atoms with Crippen LogP contribution >= 0.6 is 0 Å². The van der Waals surface area contributed by atoms with Crippen molar-refractivity contribution in [1.29, 1.82) is 0 Å². The minimum atomic E-state index is -0.513. The maximum absolute atomic E-state index is 11.8. The molecule has 4 N–H and O–H groups in total. The van der Waals surface area contributed by atoms with E-state index in [-0.39, 0.29) is 11.7 Å². The van der Waals surface area contributed by atoms with Gasteiger partial charge in [0.15, 0.2) is 5.84 Å². The Kier molecular flexibility index (Phi) is 6.54. The van der Waals surface area contributed by atoms with Crippen LogP contribution in [0.3, 0.4) is 0 Å². The minimum absolute atomic E-state index is 0.00853. The molecule has 0 aromatic rings. The van der Waals surface area contributed by atoms with Gasteiger partial charge < -0.3 is 16.3 Å². The number of hydrogen-bond acceptors (Lipinski definition) is 3. The van der Waals surface area contributed by atoms with Crippen LogP contribution in [0.5, 0.6) is 0 Å². The fourth-order valence-corrected chi connectivity index (χ4v) is 2.62. The smallest absolute Gasteiger partial charge is 0.230 e. The third-order valence-corrected chi connectivity index (χ3v) is 3.76. The molecule has 104 valence electrons. The molecule has 1 aliphatic rings. The van der Waals surface area contributed by atoms with Gasteiger partial charge >= 0.3 is 0 Å². The summed E-state index contributed by atoms with van der Waals surface area (Å²) in [5, 5.41) is 14.4. The van der Waals surface area contributed by atoms with E-state index in [0.29, 0.717) is 13.0 Å². The summed E-state index contributed by atoms with van der Waals surface area (Å²) in [6.45, 7) is 2.53. The van der Waals surface area contributed by atoms with Crippen LogP contribution in [0, 0.1) is 11.8 Å². The molecule has 5 heteroatoms. The normalized spacial score (nSPS) is 18.8. The Morgan fingerprint density at radius 1 is 1.50 bits per heavy atom. The lowest BCUT2D eigenvalue weighted by Gasteiger charge is -2.14. The van der Waals surface area contributed by atoms with Gasteiger partial charge in [-0.15, -0.1) is 0 Å². The molecule has 0 aromatic heterocycles. The molecule has 1 saturated carbocycles. The Hall–Kier alpha value is -1.26. The molecule has 0 radical (unpaired) electrons. The highest BCUT2D eigenvalue weighted by atomic mass is 16.4. The number of oxime groups is 1. The average Bonchev–Trinajstić information content (AvgIpc) is 2.88. The minimum Gasteiger partial charge on any atom is -0.409 e. The van der Waals surface area contributed by atoms with Crippen molar-refractivity contribution >= 4 is 11.7 Å². The monoisotopic (exact) mass is 255 g/mol. The first kappa shape index (κ1) is 14.8. The number of rotatable bonds is 7. The van der Waals surface area contributed by atoms with Crippen molar-refractivity contribution in [3.8, 4) is 0 Å². The maximum atomic E-state index is 11.8. The molecular weight excluding hydrogens is 230 g/mol. The molecule has 0 spiro atoms. The molecule has 0 saturated heterocycles. The Morgan fingerprint density at radius 2 is 2.17 bits per heavy atom. The van der Waals surface area contributed by atoms with Crippen molar-refractivity contribution in [3.63, 3.8) is 0 Å². The maximum Gasteiger partial charge on any atom is 0.230 e. The van der Waals surface area contributed by atoms with Gasteiger partial charge in [-0.3, -0.25) is 4.79 Å². The number of amides is 1. The molecular formula is C13H25N3O2. The summed E-state index contributed by atoms with van der Waals surface area (Å²) >= 11 is 0. The predicted molar refractivity (Wildman–Crippen MR) is 71.4 cm³/mol.